The first-order valence-electron chi connectivity index (χ1n) is 6.03. The van der Waals surface area contributed by atoms with Gasteiger partial charge < -0.3 is 10.1 Å². The third-order valence-corrected chi connectivity index (χ3v) is 3.94. The van der Waals surface area contributed by atoms with Crippen molar-refractivity contribution in [1.82, 2.24) is 5.32 Å². The molecule has 3 heteroatoms. The maximum Gasteiger partial charge on any atom is 0.0586 e. The minimum atomic E-state index is 0.243. The number of hydrogen-bond acceptors (Lipinski definition) is 2. The van der Waals surface area contributed by atoms with Gasteiger partial charge >= 0.3 is 0 Å². The quantitative estimate of drug-likeness (QED) is 0.738. The summed E-state index contributed by atoms with van der Waals surface area (Å²) in [6.07, 6.45) is 5.33. The molecule has 2 nitrogen and oxygen atoms in total. The van der Waals surface area contributed by atoms with Crippen molar-refractivity contribution in [1.29, 1.82) is 0 Å². The van der Waals surface area contributed by atoms with Crippen molar-refractivity contribution >= 4 is 11.6 Å². The number of methoxy groups -OCH3 is 1. The lowest BCUT2D eigenvalue weighted by atomic mass is 9.92. The molecule has 0 amide bonds. The van der Waals surface area contributed by atoms with E-state index in [2.05, 4.69) is 19.2 Å². The summed E-state index contributed by atoms with van der Waals surface area (Å²) in [6.45, 7) is 5.25. The molecule has 1 fully saturated rings. The molecule has 0 aromatic heterocycles. The highest BCUT2D eigenvalue weighted by atomic mass is 35.5. The van der Waals surface area contributed by atoms with E-state index >= 15 is 0 Å². The van der Waals surface area contributed by atoms with Gasteiger partial charge in [0.1, 0.15) is 0 Å². The van der Waals surface area contributed by atoms with Crippen LogP contribution in [0.15, 0.2) is 0 Å². The van der Waals surface area contributed by atoms with Crippen molar-refractivity contribution in [3.05, 3.63) is 0 Å². The van der Waals surface area contributed by atoms with Crippen LogP contribution in [0.1, 0.15) is 39.5 Å². The highest BCUT2D eigenvalue weighted by Gasteiger charge is 2.22. The number of halogens is 1. The van der Waals surface area contributed by atoms with E-state index in [1.165, 1.54) is 19.3 Å². The number of nitrogens with one attached hydrogen (secondary N) is 1. The Morgan fingerprint density at radius 1 is 1.40 bits per heavy atom. The SMILES string of the molecule is COC1CCCC(NCC(Cl)C(C)C)C1. The predicted octanol–water partition coefficient (Wildman–Crippen LogP) is 2.80. The van der Waals surface area contributed by atoms with Crippen LogP contribution in [0.4, 0.5) is 0 Å². The van der Waals surface area contributed by atoms with Crippen molar-refractivity contribution in [2.24, 2.45) is 5.92 Å². The van der Waals surface area contributed by atoms with Gasteiger partial charge in [0.05, 0.1) is 6.10 Å². The third-order valence-electron chi connectivity index (χ3n) is 3.28. The fraction of sp³-hybridized carbons (Fsp3) is 1.00. The number of alkyl halides is 1. The molecule has 3 atom stereocenters. The smallest absolute Gasteiger partial charge is 0.0586 e. The van der Waals surface area contributed by atoms with Gasteiger partial charge in [-0.15, -0.1) is 11.6 Å². The molecule has 3 unspecified atom stereocenters. The molecule has 0 spiro atoms. The van der Waals surface area contributed by atoms with E-state index in [4.69, 9.17) is 16.3 Å². The zero-order chi connectivity index (χ0) is 11.3. The molecular weight excluding hydrogens is 210 g/mol. The van der Waals surface area contributed by atoms with E-state index in [9.17, 15) is 0 Å². The largest absolute Gasteiger partial charge is 0.381 e. The van der Waals surface area contributed by atoms with Gasteiger partial charge in [-0.05, 0) is 31.6 Å². The average Bonchev–Trinajstić information content (AvgIpc) is 2.26. The van der Waals surface area contributed by atoms with E-state index in [1.807, 2.05) is 7.11 Å². The zero-order valence-electron chi connectivity index (χ0n) is 10.1. The van der Waals surface area contributed by atoms with Crippen LogP contribution in [0.25, 0.3) is 0 Å². The minimum absolute atomic E-state index is 0.243. The van der Waals surface area contributed by atoms with Gasteiger partial charge in [0.15, 0.2) is 0 Å². The van der Waals surface area contributed by atoms with Crippen LogP contribution < -0.4 is 5.32 Å². The number of hydrogen-bond donors (Lipinski definition) is 1. The Hall–Kier alpha value is 0.210. The first-order chi connectivity index (χ1) is 7.13. The van der Waals surface area contributed by atoms with Crippen LogP contribution in [0.3, 0.4) is 0 Å². The molecular formula is C12H24ClNO. The summed E-state index contributed by atoms with van der Waals surface area (Å²) >= 11 is 6.21. The lowest BCUT2D eigenvalue weighted by Crippen LogP contribution is -2.40. The molecule has 0 saturated heterocycles. The van der Waals surface area contributed by atoms with Crippen LogP contribution in [0.5, 0.6) is 0 Å². The van der Waals surface area contributed by atoms with Gasteiger partial charge in [-0.2, -0.15) is 0 Å². The Morgan fingerprint density at radius 2 is 2.13 bits per heavy atom. The third kappa shape index (κ3) is 4.71. The second-order valence-corrected chi connectivity index (χ2v) is 5.45. The molecule has 1 aliphatic carbocycles. The van der Waals surface area contributed by atoms with Gasteiger partial charge in [-0.25, -0.2) is 0 Å². The standard InChI is InChI=1S/C12H24ClNO/c1-9(2)12(13)8-14-10-5-4-6-11(7-10)15-3/h9-12,14H,4-8H2,1-3H3. The molecule has 0 bridgehead atoms. The van der Waals surface area contributed by atoms with Crippen molar-refractivity contribution in [3.8, 4) is 0 Å². The van der Waals surface area contributed by atoms with Crippen molar-refractivity contribution < 1.29 is 4.74 Å². The Morgan fingerprint density at radius 3 is 2.73 bits per heavy atom. The summed E-state index contributed by atoms with van der Waals surface area (Å²) in [4.78, 5) is 0. The maximum atomic E-state index is 6.21. The molecule has 0 heterocycles. The lowest BCUT2D eigenvalue weighted by Gasteiger charge is -2.30. The minimum Gasteiger partial charge on any atom is -0.381 e. The fourth-order valence-electron chi connectivity index (χ4n) is 2.06. The number of ether oxygens (including phenoxy) is 1. The Kier molecular flexibility index (Phi) is 5.95. The monoisotopic (exact) mass is 233 g/mol. The fourth-order valence-corrected chi connectivity index (χ4v) is 2.15. The zero-order valence-corrected chi connectivity index (χ0v) is 10.9. The Labute approximate surface area is 98.7 Å². The molecule has 0 aromatic rings. The first-order valence-corrected chi connectivity index (χ1v) is 6.47. The summed E-state index contributed by atoms with van der Waals surface area (Å²) in [5, 5.41) is 3.80. The van der Waals surface area contributed by atoms with E-state index in [0.29, 0.717) is 18.1 Å². The van der Waals surface area contributed by atoms with Gasteiger partial charge in [-0.3, -0.25) is 0 Å². The van der Waals surface area contributed by atoms with Crippen LogP contribution >= 0.6 is 11.6 Å². The summed E-state index contributed by atoms with van der Waals surface area (Å²) < 4.78 is 5.40. The Bertz CT molecular complexity index is 175. The van der Waals surface area contributed by atoms with E-state index in [1.54, 1.807) is 0 Å². The number of rotatable bonds is 5. The van der Waals surface area contributed by atoms with Crippen molar-refractivity contribution in [2.75, 3.05) is 13.7 Å². The van der Waals surface area contributed by atoms with Crippen molar-refractivity contribution in [2.45, 2.75) is 57.1 Å². The molecule has 1 N–H and O–H groups in total. The van der Waals surface area contributed by atoms with Gasteiger partial charge in [0, 0.05) is 25.1 Å². The molecule has 1 rings (SSSR count). The highest BCUT2D eigenvalue weighted by Crippen LogP contribution is 2.21. The molecule has 1 aliphatic rings. The van der Waals surface area contributed by atoms with Gasteiger partial charge in [0.2, 0.25) is 0 Å². The predicted molar refractivity (Wildman–Crippen MR) is 65.5 cm³/mol. The Balaban J connectivity index is 2.20. The maximum absolute atomic E-state index is 6.21. The summed E-state index contributed by atoms with van der Waals surface area (Å²) in [5.74, 6) is 0.543. The second kappa shape index (κ2) is 6.72. The second-order valence-electron chi connectivity index (χ2n) is 4.89. The summed E-state index contributed by atoms with van der Waals surface area (Å²) in [6, 6.07) is 0.601. The molecule has 90 valence electrons. The van der Waals surface area contributed by atoms with Crippen LogP contribution in [-0.4, -0.2) is 31.2 Å². The molecule has 0 aromatic carbocycles. The summed E-state index contributed by atoms with van der Waals surface area (Å²) in [7, 11) is 1.81. The van der Waals surface area contributed by atoms with Crippen LogP contribution in [-0.2, 0) is 4.74 Å². The summed E-state index contributed by atoms with van der Waals surface area (Å²) in [5.41, 5.74) is 0. The van der Waals surface area contributed by atoms with Crippen molar-refractivity contribution in [3.63, 3.8) is 0 Å². The molecule has 1 saturated carbocycles. The van der Waals surface area contributed by atoms with E-state index in [-0.39, 0.29) is 5.38 Å². The van der Waals surface area contributed by atoms with Gasteiger partial charge in [0.25, 0.3) is 0 Å². The topological polar surface area (TPSA) is 21.3 Å². The lowest BCUT2D eigenvalue weighted by molar-refractivity contribution is 0.0588. The molecule has 0 aliphatic heterocycles. The van der Waals surface area contributed by atoms with E-state index in [0.717, 1.165) is 13.0 Å². The first kappa shape index (κ1) is 13.3. The molecule has 0 radical (unpaired) electrons. The highest BCUT2D eigenvalue weighted by molar-refractivity contribution is 6.20. The van der Waals surface area contributed by atoms with Crippen LogP contribution in [0.2, 0.25) is 0 Å². The van der Waals surface area contributed by atoms with Gasteiger partial charge in [-0.1, -0.05) is 13.8 Å². The van der Waals surface area contributed by atoms with E-state index < -0.39 is 0 Å². The van der Waals surface area contributed by atoms with Crippen LogP contribution in [0, 0.1) is 5.92 Å². The normalized spacial score (nSPS) is 29.4. The molecule has 15 heavy (non-hydrogen) atoms. The average molecular weight is 234 g/mol.